The van der Waals surface area contributed by atoms with Crippen LogP contribution in [0.4, 0.5) is 17.6 Å². The quantitative estimate of drug-likeness (QED) is 0.556. The van der Waals surface area contributed by atoms with Gasteiger partial charge in [-0.2, -0.15) is 4.39 Å². The molecule has 0 aliphatic carbocycles. The van der Waals surface area contributed by atoms with Gasteiger partial charge in [-0.1, -0.05) is 0 Å². The van der Waals surface area contributed by atoms with Gasteiger partial charge in [0.1, 0.15) is 0 Å². The maximum absolute atomic E-state index is 13.1. The molecule has 0 amide bonds. The Kier molecular flexibility index (Phi) is 2.02. The Balaban J connectivity index is 2.99. The highest BCUT2D eigenvalue weighted by Gasteiger charge is 2.20. The summed E-state index contributed by atoms with van der Waals surface area (Å²) in [5.74, 6) is -5.37. The number of hydrogen-bond donors (Lipinski definition) is 1. The molecule has 0 saturated heterocycles. The molecular formula is C8H2BrF4N. The average Bonchev–Trinajstić information content (AvgIpc) is 2.39. The van der Waals surface area contributed by atoms with Gasteiger partial charge in [0.25, 0.3) is 0 Å². The van der Waals surface area contributed by atoms with Crippen LogP contribution in [-0.4, -0.2) is 4.98 Å². The highest BCUT2D eigenvalue weighted by Crippen LogP contribution is 2.29. The molecule has 6 heteroatoms. The molecular weight excluding hydrogens is 266 g/mol. The van der Waals surface area contributed by atoms with E-state index in [9.17, 15) is 17.6 Å². The molecule has 0 unspecified atom stereocenters. The smallest absolute Gasteiger partial charge is 0.228 e. The van der Waals surface area contributed by atoms with E-state index in [0.29, 0.717) is 0 Å². The monoisotopic (exact) mass is 267 g/mol. The number of benzene rings is 1. The minimum Gasteiger partial charge on any atom is -0.329 e. The van der Waals surface area contributed by atoms with Crippen molar-refractivity contribution in [1.82, 2.24) is 4.98 Å². The molecule has 1 heterocycles. The Morgan fingerprint density at radius 2 is 1.64 bits per heavy atom. The Morgan fingerprint density at radius 3 is 2.29 bits per heavy atom. The molecule has 0 radical (unpaired) electrons. The van der Waals surface area contributed by atoms with Crippen molar-refractivity contribution in [2.24, 2.45) is 0 Å². The van der Waals surface area contributed by atoms with Gasteiger partial charge in [0.15, 0.2) is 17.5 Å². The fourth-order valence-electron chi connectivity index (χ4n) is 1.19. The molecule has 0 fully saturated rings. The van der Waals surface area contributed by atoms with Gasteiger partial charge in [-0.3, -0.25) is 0 Å². The summed E-state index contributed by atoms with van der Waals surface area (Å²) in [5.41, 5.74) is -0.134. The second-order valence-electron chi connectivity index (χ2n) is 2.66. The van der Waals surface area contributed by atoms with Crippen molar-refractivity contribution in [2.75, 3.05) is 0 Å². The number of aromatic amines is 1. The minimum absolute atomic E-state index is 0.134. The lowest BCUT2D eigenvalue weighted by molar-refractivity contribution is 0.486. The largest absolute Gasteiger partial charge is 0.329 e. The first-order valence-corrected chi connectivity index (χ1v) is 4.32. The first kappa shape index (κ1) is 9.51. The standard InChI is InChI=1S/C8H2BrF4N/c9-2-1-3-4(6(11)5(2)10)7(12)8(13)14-3/h1,14H. The zero-order chi connectivity index (χ0) is 10.5. The number of halogens is 5. The molecule has 0 spiro atoms. The summed E-state index contributed by atoms with van der Waals surface area (Å²) in [7, 11) is 0. The van der Waals surface area contributed by atoms with Crippen LogP contribution >= 0.6 is 15.9 Å². The second-order valence-corrected chi connectivity index (χ2v) is 3.52. The molecule has 2 rings (SSSR count). The van der Waals surface area contributed by atoms with Crippen molar-refractivity contribution >= 4 is 26.8 Å². The predicted molar refractivity (Wildman–Crippen MR) is 45.8 cm³/mol. The Morgan fingerprint density at radius 1 is 1.00 bits per heavy atom. The zero-order valence-corrected chi connectivity index (χ0v) is 8.05. The molecule has 0 saturated carbocycles. The minimum atomic E-state index is -1.41. The summed E-state index contributed by atoms with van der Waals surface area (Å²) >= 11 is 2.72. The first-order valence-electron chi connectivity index (χ1n) is 3.52. The molecule has 0 aliphatic rings. The third-order valence-electron chi connectivity index (χ3n) is 1.82. The lowest BCUT2D eigenvalue weighted by Crippen LogP contribution is -1.88. The topological polar surface area (TPSA) is 15.8 Å². The van der Waals surface area contributed by atoms with Crippen molar-refractivity contribution in [1.29, 1.82) is 0 Å². The number of fused-ring (bicyclic) bond motifs is 1. The summed E-state index contributed by atoms with van der Waals surface area (Å²) in [6.07, 6.45) is 0. The molecule has 0 atom stereocenters. The lowest BCUT2D eigenvalue weighted by atomic mass is 10.2. The highest BCUT2D eigenvalue weighted by molar-refractivity contribution is 9.10. The Labute approximate surface area is 83.9 Å². The van der Waals surface area contributed by atoms with Gasteiger partial charge in [-0.25, -0.2) is 13.2 Å². The van der Waals surface area contributed by atoms with Gasteiger partial charge in [0.05, 0.1) is 15.4 Å². The molecule has 0 aliphatic heterocycles. The Bertz CT molecular complexity index is 520. The molecule has 74 valence electrons. The normalized spacial score (nSPS) is 11.2. The predicted octanol–water partition coefficient (Wildman–Crippen LogP) is 3.49. The first-order chi connectivity index (χ1) is 6.52. The van der Waals surface area contributed by atoms with Crippen molar-refractivity contribution in [3.8, 4) is 0 Å². The van der Waals surface area contributed by atoms with Crippen LogP contribution in [0.5, 0.6) is 0 Å². The van der Waals surface area contributed by atoms with Crippen molar-refractivity contribution in [3.05, 3.63) is 33.9 Å². The van der Waals surface area contributed by atoms with Crippen LogP contribution in [0.3, 0.4) is 0 Å². The van der Waals surface area contributed by atoms with Gasteiger partial charge < -0.3 is 4.98 Å². The molecule has 1 nitrogen and oxygen atoms in total. The molecule has 1 N–H and O–H groups in total. The van der Waals surface area contributed by atoms with E-state index in [1.165, 1.54) is 0 Å². The molecule has 2 aromatic rings. The number of hydrogen-bond acceptors (Lipinski definition) is 0. The van der Waals surface area contributed by atoms with Gasteiger partial charge in [-0.05, 0) is 22.0 Å². The van der Waals surface area contributed by atoms with Crippen LogP contribution in [0.2, 0.25) is 0 Å². The van der Waals surface area contributed by atoms with E-state index in [-0.39, 0.29) is 9.99 Å². The number of nitrogens with one attached hydrogen (secondary N) is 1. The number of rotatable bonds is 0. The van der Waals surface area contributed by atoms with Gasteiger partial charge in [0, 0.05) is 0 Å². The van der Waals surface area contributed by atoms with E-state index in [4.69, 9.17) is 0 Å². The SMILES string of the molecule is Fc1[nH]c2cc(Br)c(F)c(F)c2c1F. The molecule has 1 aromatic heterocycles. The number of H-pyrrole nitrogens is 1. The van der Waals surface area contributed by atoms with Crippen LogP contribution in [-0.2, 0) is 0 Å². The highest BCUT2D eigenvalue weighted by atomic mass is 79.9. The second kappa shape index (κ2) is 2.98. The molecule has 0 bridgehead atoms. The third kappa shape index (κ3) is 1.13. The zero-order valence-electron chi connectivity index (χ0n) is 6.47. The maximum Gasteiger partial charge on any atom is 0.228 e. The van der Waals surface area contributed by atoms with Crippen LogP contribution in [0, 0.1) is 23.4 Å². The number of aromatic nitrogens is 1. The summed E-state index contributed by atoms with van der Waals surface area (Å²) in [5, 5.41) is -0.705. The Hall–Kier alpha value is -1.04. The van der Waals surface area contributed by atoms with E-state index in [1.807, 2.05) is 4.98 Å². The molecule has 14 heavy (non-hydrogen) atoms. The summed E-state index contributed by atoms with van der Waals surface area (Å²) < 4.78 is 51.4. The third-order valence-corrected chi connectivity index (χ3v) is 2.40. The summed E-state index contributed by atoms with van der Waals surface area (Å²) in [6, 6.07) is 1.07. The van der Waals surface area contributed by atoms with Crippen LogP contribution < -0.4 is 0 Å². The van der Waals surface area contributed by atoms with E-state index < -0.39 is 28.8 Å². The van der Waals surface area contributed by atoms with E-state index in [0.717, 1.165) is 6.07 Å². The van der Waals surface area contributed by atoms with Gasteiger partial charge >= 0.3 is 0 Å². The van der Waals surface area contributed by atoms with Gasteiger partial charge in [0.2, 0.25) is 5.95 Å². The summed E-state index contributed by atoms with van der Waals surface area (Å²) in [6.45, 7) is 0. The van der Waals surface area contributed by atoms with E-state index in [1.54, 1.807) is 0 Å². The fourth-order valence-corrected chi connectivity index (χ4v) is 1.59. The summed E-state index contributed by atoms with van der Waals surface area (Å²) in [4.78, 5) is 1.96. The van der Waals surface area contributed by atoms with E-state index >= 15 is 0 Å². The fraction of sp³-hybridized carbons (Fsp3) is 0. The van der Waals surface area contributed by atoms with Gasteiger partial charge in [-0.15, -0.1) is 0 Å². The van der Waals surface area contributed by atoms with E-state index in [2.05, 4.69) is 15.9 Å². The lowest BCUT2D eigenvalue weighted by Gasteiger charge is -1.97. The van der Waals surface area contributed by atoms with Crippen LogP contribution in [0.15, 0.2) is 10.5 Å². The van der Waals surface area contributed by atoms with Crippen LogP contribution in [0.1, 0.15) is 0 Å². The molecule has 1 aromatic carbocycles. The van der Waals surface area contributed by atoms with Crippen molar-refractivity contribution in [3.63, 3.8) is 0 Å². The van der Waals surface area contributed by atoms with Crippen molar-refractivity contribution < 1.29 is 17.6 Å². The average molecular weight is 268 g/mol. The maximum atomic E-state index is 13.1. The van der Waals surface area contributed by atoms with Crippen molar-refractivity contribution in [2.45, 2.75) is 0 Å². The van der Waals surface area contributed by atoms with Crippen LogP contribution in [0.25, 0.3) is 10.9 Å².